The molecule has 0 aliphatic carbocycles. The highest BCUT2D eigenvalue weighted by Gasteiger charge is 2.19. The van der Waals surface area contributed by atoms with Crippen LogP contribution in [0.4, 0.5) is 4.39 Å². The van der Waals surface area contributed by atoms with Crippen LogP contribution in [-0.4, -0.2) is 29.6 Å². The van der Waals surface area contributed by atoms with E-state index in [4.69, 9.17) is 10.8 Å². The van der Waals surface area contributed by atoms with Crippen LogP contribution in [-0.2, 0) is 16.0 Å². The van der Waals surface area contributed by atoms with Crippen molar-refractivity contribution in [2.75, 3.05) is 6.54 Å². The molecule has 0 aliphatic rings. The second-order valence-electron chi connectivity index (χ2n) is 6.28. The summed E-state index contributed by atoms with van der Waals surface area (Å²) in [5, 5.41) is 11.6. The first-order valence-electron chi connectivity index (χ1n) is 7.77. The smallest absolute Gasteiger partial charge is 0.303 e. The molecule has 0 fully saturated rings. The standard InChI is InChI=1S/C17H25FN2O3/c1-11(2)7-13(9-16(21)22)10-20-17(23)15(19)8-12-3-5-14(18)6-4-12/h3-6,11,13,15H,7-10,19H2,1-2H3,(H,20,23)(H,21,22)/t13-,15+/m0/s1. The van der Waals surface area contributed by atoms with E-state index < -0.39 is 12.0 Å². The summed E-state index contributed by atoms with van der Waals surface area (Å²) in [6, 6.07) is 5.09. The average molecular weight is 324 g/mol. The average Bonchev–Trinajstić information content (AvgIpc) is 2.45. The third-order valence-corrected chi connectivity index (χ3v) is 3.54. The SMILES string of the molecule is CC(C)C[C@H](CNC(=O)[C@H](N)Cc1ccc(F)cc1)CC(=O)O. The van der Waals surface area contributed by atoms with E-state index in [2.05, 4.69) is 5.32 Å². The number of hydrogen-bond donors (Lipinski definition) is 3. The van der Waals surface area contributed by atoms with Crippen LogP contribution < -0.4 is 11.1 Å². The van der Waals surface area contributed by atoms with Gasteiger partial charge >= 0.3 is 5.97 Å². The Kier molecular flexibility index (Phi) is 7.68. The fourth-order valence-electron chi connectivity index (χ4n) is 2.50. The minimum atomic E-state index is -0.875. The number of aliphatic carboxylic acids is 1. The van der Waals surface area contributed by atoms with Crippen molar-refractivity contribution in [1.29, 1.82) is 0 Å². The predicted octanol–water partition coefficient (Wildman–Crippen LogP) is 1.95. The lowest BCUT2D eigenvalue weighted by atomic mass is 9.94. The molecule has 0 spiro atoms. The number of nitrogens with one attached hydrogen (secondary N) is 1. The summed E-state index contributed by atoms with van der Waals surface area (Å²) in [4.78, 5) is 22.9. The lowest BCUT2D eigenvalue weighted by molar-refractivity contribution is -0.138. The van der Waals surface area contributed by atoms with Crippen LogP contribution in [0.25, 0.3) is 0 Å². The van der Waals surface area contributed by atoms with Gasteiger partial charge < -0.3 is 16.2 Å². The Morgan fingerprint density at radius 3 is 2.39 bits per heavy atom. The van der Waals surface area contributed by atoms with Crippen molar-refractivity contribution in [1.82, 2.24) is 5.32 Å². The highest BCUT2D eigenvalue weighted by Crippen LogP contribution is 2.15. The maximum Gasteiger partial charge on any atom is 0.303 e. The number of carbonyl (C=O) groups is 2. The molecule has 1 aromatic carbocycles. The van der Waals surface area contributed by atoms with Crippen molar-refractivity contribution in [2.45, 2.75) is 39.2 Å². The zero-order chi connectivity index (χ0) is 17.4. The predicted molar refractivity (Wildman–Crippen MR) is 86.3 cm³/mol. The van der Waals surface area contributed by atoms with Gasteiger partial charge in [-0.3, -0.25) is 9.59 Å². The van der Waals surface area contributed by atoms with Crippen molar-refractivity contribution in [2.24, 2.45) is 17.6 Å². The molecule has 0 saturated heterocycles. The van der Waals surface area contributed by atoms with Gasteiger partial charge in [0.25, 0.3) is 0 Å². The Morgan fingerprint density at radius 1 is 1.26 bits per heavy atom. The van der Waals surface area contributed by atoms with E-state index in [1.54, 1.807) is 12.1 Å². The van der Waals surface area contributed by atoms with Crippen LogP contribution in [0.5, 0.6) is 0 Å². The van der Waals surface area contributed by atoms with Crippen LogP contribution >= 0.6 is 0 Å². The van der Waals surface area contributed by atoms with Gasteiger partial charge in [0.15, 0.2) is 0 Å². The molecule has 0 heterocycles. The van der Waals surface area contributed by atoms with Crippen LogP contribution in [0.2, 0.25) is 0 Å². The number of amides is 1. The molecule has 2 atom stereocenters. The minimum absolute atomic E-state index is 0.0195. The molecule has 6 heteroatoms. The Morgan fingerprint density at radius 2 is 1.87 bits per heavy atom. The zero-order valence-electron chi connectivity index (χ0n) is 13.6. The van der Waals surface area contributed by atoms with E-state index in [0.717, 1.165) is 12.0 Å². The first-order chi connectivity index (χ1) is 10.8. The molecule has 128 valence electrons. The second kappa shape index (κ2) is 9.25. The second-order valence-corrected chi connectivity index (χ2v) is 6.28. The molecule has 0 bridgehead atoms. The molecule has 5 nitrogen and oxygen atoms in total. The first kappa shape index (κ1) is 19.1. The third-order valence-electron chi connectivity index (χ3n) is 3.54. The van der Waals surface area contributed by atoms with E-state index in [0.29, 0.717) is 18.9 Å². The topological polar surface area (TPSA) is 92.4 Å². The molecule has 0 saturated carbocycles. The quantitative estimate of drug-likeness (QED) is 0.647. The number of hydrogen-bond acceptors (Lipinski definition) is 3. The summed E-state index contributed by atoms with van der Waals surface area (Å²) in [5.41, 5.74) is 6.63. The van der Waals surface area contributed by atoms with Gasteiger partial charge in [-0.2, -0.15) is 0 Å². The van der Waals surface area contributed by atoms with Gasteiger partial charge in [-0.25, -0.2) is 4.39 Å². The summed E-state index contributed by atoms with van der Waals surface area (Å²) in [6.07, 6.45) is 1.05. The number of halogens is 1. The van der Waals surface area contributed by atoms with Gasteiger partial charge in [0.1, 0.15) is 5.82 Å². The summed E-state index contributed by atoms with van der Waals surface area (Å²) in [7, 11) is 0. The Hall–Kier alpha value is -1.95. The van der Waals surface area contributed by atoms with Crippen LogP contribution in [0.15, 0.2) is 24.3 Å². The number of rotatable bonds is 9. The van der Waals surface area contributed by atoms with Crippen molar-refractivity contribution in [3.05, 3.63) is 35.6 Å². The van der Waals surface area contributed by atoms with Crippen molar-refractivity contribution < 1.29 is 19.1 Å². The first-order valence-corrected chi connectivity index (χ1v) is 7.77. The van der Waals surface area contributed by atoms with Gasteiger partial charge in [-0.05, 0) is 42.4 Å². The molecule has 1 amide bonds. The Bertz CT molecular complexity index is 517. The molecule has 1 aromatic rings. The zero-order valence-corrected chi connectivity index (χ0v) is 13.6. The van der Waals surface area contributed by atoms with Crippen LogP contribution in [0.3, 0.4) is 0 Å². The fourth-order valence-corrected chi connectivity index (χ4v) is 2.50. The highest BCUT2D eigenvalue weighted by atomic mass is 19.1. The van der Waals surface area contributed by atoms with Gasteiger partial charge in [0, 0.05) is 13.0 Å². The maximum absolute atomic E-state index is 12.8. The molecular formula is C17H25FN2O3. The minimum Gasteiger partial charge on any atom is -0.481 e. The highest BCUT2D eigenvalue weighted by molar-refractivity contribution is 5.81. The van der Waals surface area contributed by atoms with Crippen molar-refractivity contribution in [3.8, 4) is 0 Å². The van der Waals surface area contributed by atoms with Crippen molar-refractivity contribution in [3.63, 3.8) is 0 Å². The molecule has 0 unspecified atom stereocenters. The lowest BCUT2D eigenvalue weighted by Crippen LogP contribution is -2.44. The Balaban J connectivity index is 2.49. The van der Waals surface area contributed by atoms with E-state index in [1.165, 1.54) is 12.1 Å². The van der Waals surface area contributed by atoms with E-state index in [9.17, 15) is 14.0 Å². The molecule has 0 aromatic heterocycles. The Labute approximate surface area is 136 Å². The van der Waals surface area contributed by atoms with E-state index in [-0.39, 0.29) is 24.1 Å². The molecule has 0 radical (unpaired) electrons. The number of carbonyl (C=O) groups excluding carboxylic acids is 1. The van der Waals surface area contributed by atoms with Gasteiger partial charge in [0.05, 0.1) is 6.04 Å². The summed E-state index contributed by atoms with van der Waals surface area (Å²) < 4.78 is 12.8. The van der Waals surface area contributed by atoms with Crippen molar-refractivity contribution >= 4 is 11.9 Å². The molecule has 4 N–H and O–H groups in total. The number of carboxylic acids is 1. The number of nitrogens with two attached hydrogens (primary N) is 1. The summed E-state index contributed by atoms with van der Waals surface area (Å²) >= 11 is 0. The molecule has 23 heavy (non-hydrogen) atoms. The fraction of sp³-hybridized carbons (Fsp3) is 0.529. The van der Waals surface area contributed by atoms with E-state index >= 15 is 0 Å². The normalized spacial score (nSPS) is 13.6. The molecule has 1 rings (SSSR count). The van der Waals surface area contributed by atoms with Gasteiger partial charge in [0.2, 0.25) is 5.91 Å². The largest absolute Gasteiger partial charge is 0.481 e. The van der Waals surface area contributed by atoms with Gasteiger partial charge in [-0.1, -0.05) is 26.0 Å². The monoisotopic (exact) mass is 324 g/mol. The van der Waals surface area contributed by atoms with Gasteiger partial charge in [-0.15, -0.1) is 0 Å². The third kappa shape index (κ3) is 7.74. The lowest BCUT2D eigenvalue weighted by Gasteiger charge is -2.19. The van der Waals surface area contributed by atoms with Crippen LogP contribution in [0, 0.1) is 17.7 Å². The van der Waals surface area contributed by atoms with Crippen LogP contribution in [0.1, 0.15) is 32.3 Å². The molecule has 0 aliphatic heterocycles. The number of carboxylic acid groups (broad SMARTS) is 1. The summed E-state index contributed by atoms with van der Waals surface area (Å²) in [5.74, 6) is -1.30. The summed E-state index contributed by atoms with van der Waals surface area (Å²) in [6.45, 7) is 4.31. The van der Waals surface area contributed by atoms with E-state index in [1.807, 2.05) is 13.8 Å². The maximum atomic E-state index is 12.8. The molecular weight excluding hydrogens is 299 g/mol. The number of benzene rings is 1.